The highest BCUT2D eigenvalue weighted by molar-refractivity contribution is 7.92. The lowest BCUT2D eigenvalue weighted by Gasteiger charge is -2.33. The molecule has 0 aliphatic carbocycles. The maximum absolute atomic E-state index is 13.0. The number of sulfone groups is 2. The number of hydrogen-bond acceptors (Lipinski definition) is 10. The third-order valence-corrected chi connectivity index (χ3v) is 11.7. The van der Waals surface area contributed by atoms with E-state index in [1.54, 1.807) is 38.1 Å². The number of aromatic nitrogens is 2. The van der Waals surface area contributed by atoms with Crippen molar-refractivity contribution >= 4 is 54.4 Å². The Bertz CT molecular complexity index is 1760. The van der Waals surface area contributed by atoms with Gasteiger partial charge in [0.05, 0.1) is 33.5 Å². The highest BCUT2D eigenvalue weighted by atomic mass is 35.5. The van der Waals surface area contributed by atoms with Crippen LogP contribution in [0.1, 0.15) is 56.2 Å². The van der Waals surface area contributed by atoms with Crippen LogP contribution in [0.2, 0.25) is 5.02 Å². The van der Waals surface area contributed by atoms with E-state index >= 15 is 0 Å². The van der Waals surface area contributed by atoms with Crippen LogP contribution in [0.4, 0.5) is 23.1 Å². The van der Waals surface area contributed by atoms with Gasteiger partial charge in [-0.15, -0.1) is 0 Å². The Hall–Kier alpha value is -2.93. The molecule has 1 atom stereocenters. The highest BCUT2D eigenvalue weighted by Gasteiger charge is 2.32. The second-order valence-electron chi connectivity index (χ2n) is 12.1. The largest absolute Gasteiger partial charge is 0.488 e. The molecule has 13 heteroatoms. The van der Waals surface area contributed by atoms with Crippen molar-refractivity contribution in [3.05, 3.63) is 58.2 Å². The Morgan fingerprint density at radius 3 is 2.48 bits per heavy atom. The molecule has 1 saturated heterocycles. The van der Waals surface area contributed by atoms with Crippen LogP contribution in [0.15, 0.2) is 41.4 Å². The summed E-state index contributed by atoms with van der Waals surface area (Å²) >= 11 is 6.45. The average Bonchev–Trinajstić information content (AvgIpc) is 3.35. The predicted molar refractivity (Wildman–Crippen MR) is 175 cm³/mol. The maximum atomic E-state index is 13.0. The number of anilines is 4. The molecule has 0 bridgehead atoms. The average molecular weight is 662 g/mol. The van der Waals surface area contributed by atoms with E-state index in [2.05, 4.69) is 45.4 Å². The lowest BCUT2D eigenvalue weighted by Crippen LogP contribution is -2.36. The normalized spacial score (nSPS) is 17.8. The first-order valence-electron chi connectivity index (χ1n) is 14.9. The first-order valence-corrected chi connectivity index (χ1v) is 18.8. The van der Waals surface area contributed by atoms with Gasteiger partial charge in [-0.05, 0) is 88.9 Å². The van der Waals surface area contributed by atoms with Crippen LogP contribution in [-0.4, -0.2) is 74.7 Å². The summed E-state index contributed by atoms with van der Waals surface area (Å²) in [6, 6.07) is 8.75. The molecule has 0 spiro atoms. The molecule has 44 heavy (non-hydrogen) atoms. The molecule has 2 aliphatic heterocycles. The molecule has 0 amide bonds. The molecule has 3 aromatic rings. The number of halogens is 1. The zero-order chi connectivity index (χ0) is 31.8. The van der Waals surface area contributed by atoms with E-state index in [0.29, 0.717) is 18.2 Å². The molecule has 1 fully saturated rings. The number of ether oxygens (including phenoxy) is 1. The van der Waals surface area contributed by atoms with Crippen LogP contribution in [0.3, 0.4) is 0 Å². The lowest BCUT2D eigenvalue weighted by molar-refractivity contribution is 0.222. The van der Waals surface area contributed by atoms with Crippen LogP contribution in [0.25, 0.3) is 0 Å². The van der Waals surface area contributed by atoms with E-state index in [1.165, 1.54) is 23.6 Å². The molecular formula is C31H40ClN5O5S2. The Morgan fingerprint density at radius 1 is 1.09 bits per heavy atom. The minimum absolute atomic E-state index is 0.0173. The van der Waals surface area contributed by atoms with Crippen LogP contribution >= 0.6 is 11.6 Å². The van der Waals surface area contributed by atoms with E-state index in [4.69, 9.17) is 16.3 Å². The number of nitrogens with zero attached hydrogens (tertiary/aromatic N) is 3. The zero-order valence-corrected chi connectivity index (χ0v) is 28.1. The number of likely N-dealkylation sites (tertiary alicyclic amines) is 1. The summed E-state index contributed by atoms with van der Waals surface area (Å²) in [6.07, 6.45) is 5.49. The van der Waals surface area contributed by atoms with Crippen molar-refractivity contribution in [1.82, 2.24) is 14.9 Å². The molecule has 2 N–H and O–H groups in total. The Morgan fingerprint density at radius 2 is 1.80 bits per heavy atom. The van der Waals surface area contributed by atoms with Crippen molar-refractivity contribution in [3.8, 4) is 5.75 Å². The second-order valence-corrected chi connectivity index (χ2v) is 17.2. The van der Waals surface area contributed by atoms with Crippen molar-refractivity contribution in [1.29, 1.82) is 0 Å². The topological polar surface area (TPSA) is 131 Å². The van der Waals surface area contributed by atoms with Gasteiger partial charge in [-0.2, -0.15) is 4.98 Å². The van der Waals surface area contributed by atoms with Crippen molar-refractivity contribution in [2.24, 2.45) is 0 Å². The highest BCUT2D eigenvalue weighted by Crippen LogP contribution is 2.46. The molecule has 2 aliphatic rings. The molecule has 2 aromatic carbocycles. The summed E-state index contributed by atoms with van der Waals surface area (Å²) in [4.78, 5) is 11.4. The van der Waals surface area contributed by atoms with E-state index in [0.717, 1.165) is 49.4 Å². The predicted octanol–water partition coefficient (Wildman–Crippen LogP) is 5.66. The standard InChI is InChI=1S/C31H40ClN5O5S2/c1-19(2)44(40,41)27-9-7-6-8-25(27)34-30-24(32)18-33-31(36-30)35-26-16-20(3)28(23-17-21(4)42-29(23)26)22-10-12-37(13-11-22)14-15-43(5,38)39/h6-9,16,18-19,21-22H,10-15,17H2,1-5H3,(H2,33,34,35,36)/t21-/m0/s1. The number of nitrogens with one attached hydrogen (secondary N) is 2. The van der Waals surface area contributed by atoms with Crippen molar-refractivity contribution < 1.29 is 21.6 Å². The van der Waals surface area contributed by atoms with Crippen molar-refractivity contribution in [3.63, 3.8) is 0 Å². The van der Waals surface area contributed by atoms with Crippen LogP contribution in [0, 0.1) is 6.92 Å². The molecule has 1 aromatic heterocycles. The second kappa shape index (κ2) is 12.8. The van der Waals surface area contributed by atoms with E-state index in [9.17, 15) is 16.8 Å². The van der Waals surface area contributed by atoms with Gasteiger partial charge in [-0.3, -0.25) is 0 Å². The van der Waals surface area contributed by atoms with Gasteiger partial charge in [-0.25, -0.2) is 21.8 Å². The lowest BCUT2D eigenvalue weighted by atomic mass is 9.82. The van der Waals surface area contributed by atoms with Gasteiger partial charge in [0.25, 0.3) is 0 Å². The number of rotatable bonds is 10. The summed E-state index contributed by atoms with van der Waals surface area (Å²) in [5.74, 6) is 1.91. The van der Waals surface area contributed by atoms with Gasteiger partial charge in [0.2, 0.25) is 5.95 Å². The van der Waals surface area contributed by atoms with Gasteiger partial charge in [0.1, 0.15) is 26.7 Å². The van der Waals surface area contributed by atoms with Crippen molar-refractivity contribution in [2.45, 2.75) is 69.1 Å². The minimum atomic E-state index is -3.55. The number of hydrogen-bond donors (Lipinski definition) is 2. The van der Waals surface area contributed by atoms with E-state index in [-0.39, 0.29) is 33.5 Å². The van der Waals surface area contributed by atoms with Gasteiger partial charge in [-0.1, -0.05) is 23.7 Å². The summed E-state index contributed by atoms with van der Waals surface area (Å²) in [7, 11) is -6.53. The summed E-state index contributed by atoms with van der Waals surface area (Å²) in [5.41, 5.74) is 4.80. The first-order chi connectivity index (χ1) is 20.7. The van der Waals surface area contributed by atoms with Gasteiger partial charge in [0.15, 0.2) is 15.7 Å². The fourth-order valence-corrected chi connectivity index (χ4v) is 7.92. The smallest absolute Gasteiger partial charge is 0.229 e. The molecule has 0 radical (unpaired) electrons. The monoisotopic (exact) mass is 661 g/mol. The molecule has 0 unspecified atom stereocenters. The minimum Gasteiger partial charge on any atom is -0.488 e. The fraction of sp³-hybridized carbons (Fsp3) is 0.484. The fourth-order valence-electron chi connectivity index (χ4n) is 5.99. The number of piperidine rings is 1. The molecule has 0 saturated carbocycles. The molecule has 5 rings (SSSR count). The third-order valence-electron chi connectivity index (χ3n) is 8.27. The molecule has 3 heterocycles. The quantitative estimate of drug-likeness (QED) is 0.281. The number of fused-ring (bicyclic) bond motifs is 1. The van der Waals surface area contributed by atoms with Gasteiger partial charge < -0.3 is 20.3 Å². The Balaban J connectivity index is 1.39. The third kappa shape index (κ3) is 7.14. The van der Waals surface area contributed by atoms with Crippen LogP contribution in [0.5, 0.6) is 5.75 Å². The molecule has 238 valence electrons. The first kappa shape index (κ1) is 32.5. The Labute approximate surface area is 265 Å². The van der Waals surface area contributed by atoms with E-state index < -0.39 is 24.9 Å². The summed E-state index contributed by atoms with van der Waals surface area (Å²) in [6.45, 7) is 9.75. The Kier molecular flexibility index (Phi) is 9.46. The van der Waals surface area contributed by atoms with E-state index in [1.807, 2.05) is 0 Å². The van der Waals surface area contributed by atoms with Gasteiger partial charge >= 0.3 is 0 Å². The number of benzene rings is 2. The SMILES string of the molecule is Cc1cc(Nc2ncc(Cl)c(Nc3ccccc3S(=O)(=O)C(C)C)n2)c2c(c1C1CCN(CCS(C)(=O)=O)CC1)C[C@H](C)O2. The summed E-state index contributed by atoms with van der Waals surface area (Å²) < 4.78 is 55.5. The van der Waals surface area contributed by atoms with Gasteiger partial charge in [0, 0.05) is 24.8 Å². The summed E-state index contributed by atoms with van der Waals surface area (Å²) in [5, 5.41) is 6.08. The zero-order valence-electron chi connectivity index (χ0n) is 25.7. The number of aryl methyl sites for hydroxylation is 1. The molecular weight excluding hydrogens is 622 g/mol. The van der Waals surface area contributed by atoms with Crippen molar-refractivity contribution in [2.75, 3.05) is 42.3 Å². The molecule has 10 nitrogen and oxygen atoms in total. The van der Waals surface area contributed by atoms with Crippen LogP contribution < -0.4 is 15.4 Å². The number of para-hydroxylation sites is 1. The van der Waals surface area contributed by atoms with Crippen LogP contribution in [-0.2, 0) is 26.1 Å². The maximum Gasteiger partial charge on any atom is 0.229 e.